The summed E-state index contributed by atoms with van der Waals surface area (Å²) >= 11 is 0. The van der Waals surface area contributed by atoms with Crippen molar-refractivity contribution in [2.45, 2.75) is 45.4 Å². The van der Waals surface area contributed by atoms with Gasteiger partial charge in [0.2, 0.25) is 0 Å². The number of hydrogen-bond donors (Lipinski definition) is 1. The van der Waals surface area contributed by atoms with E-state index in [9.17, 15) is 9.18 Å². The molecule has 3 rings (SSSR count). The summed E-state index contributed by atoms with van der Waals surface area (Å²) in [5, 5.41) is 0. The highest BCUT2D eigenvalue weighted by Crippen LogP contribution is 2.29. The Morgan fingerprint density at radius 2 is 1.42 bits per heavy atom. The van der Waals surface area contributed by atoms with Crippen LogP contribution in [0.4, 0.5) is 4.39 Å². The summed E-state index contributed by atoms with van der Waals surface area (Å²) < 4.78 is 19.9. The van der Waals surface area contributed by atoms with E-state index in [-0.39, 0.29) is 18.1 Å². The zero-order valence-corrected chi connectivity index (χ0v) is 19.3. The molecular weight excluding hydrogens is 413 g/mol. The van der Waals surface area contributed by atoms with Crippen LogP contribution in [0.1, 0.15) is 43.7 Å². The molecule has 172 valence electrons. The zero-order chi connectivity index (χ0) is 23.6. The van der Waals surface area contributed by atoms with Gasteiger partial charge >= 0.3 is 5.97 Å². The molecule has 0 aliphatic carbocycles. The average molecular weight is 446 g/mol. The first-order valence-corrected chi connectivity index (χ1v) is 11.6. The number of unbranched alkanes of at least 4 members (excludes halogenated alkanes) is 2. The number of benzene rings is 3. The summed E-state index contributed by atoms with van der Waals surface area (Å²) in [6.45, 7) is 5.84. The van der Waals surface area contributed by atoms with Gasteiger partial charge in [0.1, 0.15) is 11.5 Å². The molecule has 0 saturated carbocycles. The third kappa shape index (κ3) is 7.04. The van der Waals surface area contributed by atoms with E-state index < -0.39 is 5.97 Å². The molecule has 3 nitrogen and oxygen atoms in total. The quantitative estimate of drug-likeness (QED) is 0.200. The summed E-state index contributed by atoms with van der Waals surface area (Å²) in [6, 6.07) is 21.6. The summed E-state index contributed by atoms with van der Waals surface area (Å²) in [4.78, 5) is 11.3. The van der Waals surface area contributed by atoms with Gasteiger partial charge in [-0.1, -0.05) is 87.0 Å². The molecule has 0 fully saturated rings. The Balaban J connectivity index is 1.60. The molecule has 0 aliphatic rings. The molecule has 0 radical (unpaired) electrons. The van der Waals surface area contributed by atoms with Gasteiger partial charge in [0.25, 0.3) is 0 Å². The van der Waals surface area contributed by atoms with E-state index in [1.807, 2.05) is 36.4 Å². The van der Waals surface area contributed by atoms with Crippen molar-refractivity contribution in [1.29, 1.82) is 0 Å². The Morgan fingerprint density at radius 1 is 0.848 bits per heavy atom. The predicted octanol–water partition coefficient (Wildman–Crippen LogP) is 6.84. The lowest BCUT2D eigenvalue weighted by atomic mass is 9.97. The van der Waals surface area contributed by atoms with E-state index in [1.165, 1.54) is 24.8 Å². The van der Waals surface area contributed by atoms with Crippen LogP contribution in [0.5, 0.6) is 0 Å². The van der Waals surface area contributed by atoms with Gasteiger partial charge in [-0.15, -0.1) is 0 Å². The highest BCUT2D eigenvalue weighted by Gasteiger charge is 2.09. The molecule has 3 aromatic rings. The first kappa shape index (κ1) is 24.2. The van der Waals surface area contributed by atoms with E-state index in [0.29, 0.717) is 12.0 Å². The van der Waals surface area contributed by atoms with Crippen molar-refractivity contribution in [1.82, 2.24) is 0 Å². The lowest BCUT2D eigenvalue weighted by Crippen LogP contribution is -2.14. The number of ether oxygens (including phenoxy) is 1. The fourth-order valence-electron chi connectivity index (χ4n) is 3.76. The zero-order valence-electron chi connectivity index (χ0n) is 19.3. The van der Waals surface area contributed by atoms with E-state index >= 15 is 0 Å². The van der Waals surface area contributed by atoms with Crippen molar-refractivity contribution < 1.29 is 13.9 Å². The molecular formula is C29H32FNO2. The molecule has 2 N–H and O–H groups in total. The second kappa shape index (κ2) is 12.0. The lowest BCUT2D eigenvalue weighted by molar-refractivity contribution is -0.139. The van der Waals surface area contributed by atoms with Crippen LogP contribution in [0.15, 0.2) is 79.0 Å². The van der Waals surface area contributed by atoms with Crippen molar-refractivity contribution in [2.75, 3.05) is 6.61 Å². The maximum atomic E-state index is 14.9. The largest absolute Gasteiger partial charge is 0.461 e. The van der Waals surface area contributed by atoms with Crippen LogP contribution in [-0.2, 0) is 22.4 Å². The maximum absolute atomic E-state index is 14.9. The molecule has 0 aromatic heterocycles. The fourth-order valence-corrected chi connectivity index (χ4v) is 3.76. The van der Waals surface area contributed by atoms with Gasteiger partial charge in [-0.25, -0.2) is 9.18 Å². The highest BCUT2D eigenvalue weighted by molar-refractivity contribution is 5.86. The number of carbonyl (C=O) groups is 1. The highest BCUT2D eigenvalue weighted by atomic mass is 19.1. The molecule has 3 aromatic carbocycles. The van der Waals surface area contributed by atoms with Crippen LogP contribution in [0.25, 0.3) is 22.3 Å². The minimum atomic E-state index is -0.577. The van der Waals surface area contributed by atoms with Gasteiger partial charge in [-0.2, -0.15) is 0 Å². The van der Waals surface area contributed by atoms with E-state index in [0.717, 1.165) is 35.1 Å². The first-order valence-electron chi connectivity index (χ1n) is 11.6. The van der Waals surface area contributed by atoms with Crippen LogP contribution in [-0.4, -0.2) is 12.6 Å². The normalized spacial score (nSPS) is 10.7. The number of carbonyl (C=O) groups excluding carboxylic acids is 1. The standard InChI is InChI=1S/C29H32FNO2/c1-3-4-5-7-22-9-13-24(14-10-22)26-17-18-27(28(30)20-26)25-15-11-23(12-16-25)8-6-19-33-29(32)21(2)31/h9-18,20H,2-8,19,31H2,1H3. The second-order valence-corrected chi connectivity index (χ2v) is 8.31. The van der Waals surface area contributed by atoms with Crippen LogP contribution in [0.2, 0.25) is 0 Å². The number of halogens is 1. The van der Waals surface area contributed by atoms with Crippen molar-refractivity contribution in [3.8, 4) is 22.3 Å². The van der Waals surface area contributed by atoms with Crippen molar-refractivity contribution in [3.05, 3.63) is 96.0 Å². The Morgan fingerprint density at radius 3 is 2.00 bits per heavy atom. The summed E-state index contributed by atoms with van der Waals surface area (Å²) in [5.74, 6) is -0.812. The maximum Gasteiger partial charge on any atom is 0.353 e. The van der Waals surface area contributed by atoms with E-state index in [4.69, 9.17) is 10.5 Å². The topological polar surface area (TPSA) is 52.3 Å². The van der Waals surface area contributed by atoms with Crippen LogP contribution in [0.3, 0.4) is 0 Å². The molecule has 0 atom stereocenters. The molecule has 4 heteroatoms. The second-order valence-electron chi connectivity index (χ2n) is 8.31. The summed E-state index contributed by atoms with van der Waals surface area (Å²) in [5.41, 5.74) is 10.9. The molecule has 0 aliphatic heterocycles. The van der Waals surface area contributed by atoms with Gasteiger partial charge in [-0.3, -0.25) is 0 Å². The van der Waals surface area contributed by atoms with E-state index in [1.54, 1.807) is 6.07 Å². The lowest BCUT2D eigenvalue weighted by Gasteiger charge is -2.09. The van der Waals surface area contributed by atoms with Crippen molar-refractivity contribution in [2.24, 2.45) is 5.73 Å². The minimum absolute atomic E-state index is 0.0909. The Labute approximate surface area is 196 Å². The number of rotatable bonds is 11. The Bertz CT molecular complexity index is 1070. The molecule has 0 unspecified atom stereocenters. The third-order valence-corrected chi connectivity index (χ3v) is 5.70. The summed E-state index contributed by atoms with van der Waals surface area (Å²) in [6.07, 6.45) is 6.19. The van der Waals surface area contributed by atoms with Crippen LogP contribution < -0.4 is 5.73 Å². The fraction of sp³-hybridized carbons (Fsp3) is 0.276. The molecule has 0 amide bonds. The molecule has 0 spiro atoms. The SMILES string of the molecule is C=C(N)C(=O)OCCCc1ccc(-c2ccc(-c3ccc(CCCCC)cc3)cc2F)cc1. The Kier molecular flexibility index (Phi) is 8.82. The smallest absolute Gasteiger partial charge is 0.353 e. The Hall–Kier alpha value is -3.40. The van der Waals surface area contributed by atoms with Crippen LogP contribution >= 0.6 is 0 Å². The molecule has 0 heterocycles. The number of esters is 1. The van der Waals surface area contributed by atoms with Crippen molar-refractivity contribution in [3.63, 3.8) is 0 Å². The van der Waals surface area contributed by atoms with Crippen molar-refractivity contribution >= 4 is 5.97 Å². The van der Waals surface area contributed by atoms with Gasteiger partial charge in [0.05, 0.1) is 6.61 Å². The summed E-state index contributed by atoms with van der Waals surface area (Å²) in [7, 11) is 0. The first-order chi connectivity index (χ1) is 16.0. The molecule has 33 heavy (non-hydrogen) atoms. The van der Waals surface area contributed by atoms with E-state index in [2.05, 4.69) is 37.8 Å². The van der Waals surface area contributed by atoms with Gasteiger partial charge in [-0.05, 0) is 59.6 Å². The molecule has 0 bridgehead atoms. The number of hydrogen-bond acceptors (Lipinski definition) is 3. The predicted molar refractivity (Wildman–Crippen MR) is 133 cm³/mol. The van der Waals surface area contributed by atoms with Gasteiger partial charge in [0.15, 0.2) is 0 Å². The van der Waals surface area contributed by atoms with Gasteiger partial charge in [0, 0.05) is 5.56 Å². The average Bonchev–Trinajstić information content (AvgIpc) is 2.82. The monoisotopic (exact) mass is 445 g/mol. The number of nitrogens with two attached hydrogens (primary N) is 1. The van der Waals surface area contributed by atoms with Gasteiger partial charge < -0.3 is 10.5 Å². The minimum Gasteiger partial charge on any atom is -0.461 e. The third-order valence-electron chi connectivity index (χ3n) is 5.70. The van der Waals surface area contributed by atoms with Crippen LogP contribution in [0, 0.1) is 5.82 Å². The molecule has 0 saturated heterocycles. The number of aryl methyl sites for hydroxylation is 2.